The molecule has 0 aliphatic carbocycles. The fraction of sp³-hybridized carbons (Fsp3) is 0.164. The van der Waals surface area contributed by atoms with E-state index in [1.54, 1.807) is 36.2 Å². The summed E-state index contributed by atoms with van der Waals surface area (Å²) in [6.07, 6.45) is 12.5. The average molecular weight is 2370 g/mol. The molecule has 0 spiro atoms. The summed E-state index contributed by atoms with van der Waals surface area (Å²) in [6, 6.07) is 75.3. The van der Waals surface area contributed by atoms with Crippen LogP contribution in [-0.4, -0.2) is 106 Å². The van der Waals surface area contributed by atoms with Gasteiger partial charge in [-0.2, -0.15) is 163 Å². The van der Waals surface area contributed by atoms with Crippen LogP contribution < -0.4 is 34.3 Å². The Morgan fingerprint density at radius 2 is 0.646 bits per heavy atom. The van der Waals surface area contributed by atoms with E-state index >= 15 is 0 Å². The van der Waals surface area contributed by atoms with Crippen LogP contribution in [-0.2, 0) is 121 Å². The number of hydrogen-bond donors (Lipinski definition) is 0. The van der Waals surface area contributed by atoms with Crippen molar-refractivity contribution in [2.75, 3.05) is 110 Å². The standard InChI is InChI=1S/C15H13N2.C11H10F3N2.C11H10N3.C10H10FN2.2C10H11N2.6CH3.6Ir/c1-3-7-14(8-4-1)16-11-12-17(13-16)15-9-5-2-6-10-15;1-15-8-16(7-10(15)11(12,13)14)9-5-3-2-4-6-9;1-12-11-8-14(9-13(11)2)10-6-4-3-5-7-10;1-12-8-13(7-10(12)11)9-5-3-2-4-6-9;2*1-11-7-8-12(9-11)10-5-3-2-4-6-10;;;;;;;;;;;;/h1-9,11-12H,13H2;2-5,7H,8H2,1H3;3-6,8H,9H2,2H3;2-5,7H,8H2,1H3;2*2-5,7-8H,9H2,1H3;6*1H3;;;;;;/q12*-1;;;;;;. The third-order valence-corrected chi connectivity index (χ3v) is 13.1. The first-order valence-electron chi connectivity index (χ1n) is 26.8. The van der Waals surface area contributed by atoms with Gasteiger partial charge in [0.1, 0.15) is 12.4 Å². The molecule has 13 nitrogen and oxygen atoms in total. The number of hydrogen-bond acceptors (Lipinski definition) is 12. The van der Waals surface area contributed by atoms with Crippen LogP contribution >= 0.6 is 0 Å². The van der Waals surface area contributed by atoms with Crippen LogP contribution in [0.4, 0.5) is 57.4 Å². The van der Waals surface area contributed by atoms with Crippen LogP contribution in [0.25, 0.3) is 4.85 Å². The minimum Gasteiger partial charge on any atom is -0.363 e. The first-order chi connectivity index (χ1) is 40.7. The fourth-order valence-electron chi connectivity index (χ4n) is 8.69. The Balaban J connectivity index is -0.000000338. The monoisotopic (exact) mass is 2380 g/mol. The fourth-order valence-corrected chi connectivity index (χ4v) is 8.69. The van der Waals surface area contributed by atoms with Crippen molar-refractivity contribution >= 4 is 39.8 Å². The molecular weight excluding hydrogens is 2290 g/mol. The maximum Gasteiger partial charge on any atom is 0.432 e. The molecule has 6 heterocycles. The molecule has 0 unspecified atom stereocenters. The summed E-state index contributed by atoms with van der Waals surface area (Å²) in [4.78, 5) is 26.3. The predicted molar refractivity (Wildman–Crippen MR) is 367 cm³/mol. The molecule has 7 aromatic rings. The van der Waals surface area contributed by atoms with Crippen molar-refractivity contribution in [1.29, 1.82) is 0 Å². The van der Waals surface area contributed by atoms with E-state index in [2.05, 4.69) is 164 Å². The van der Waals surface area contributed by atoms with Crippen molar-refractivity contribution in [1.82, 2.24) is 24.5 Å². The molecular formula is C73H83F4Ir6N13-12. The van der Waals surface area contributed by atoms with Crippen molar-refractivity contribution in [2.45, 2.75) is 6.18 Å². The Kier molecular flexibility index (Phi) is 51.3. The molecule has 96 heavy (non-hydrogen) atoms. The largest absolute Gasteiger partial charge is 0.432 e. The molecule has 0 aromatic heterocycles. The maximum atomic E-state index is 13.0. The summed E-state index contributed by atoms with van der Waals surface area (Å²) in [7, 11) is 9.16. The van der Waals surface area contributed by atoms with E-state index in [9.17, 15) is 17.6 Å². The second kappa shape index (κ2) is 50.1. The Hall–Kier alpha value is -6.31. The number of benzene rings is 7. The second-order valence-corrected chi connectivity index (χ2v) is 19.5. The van der Waals surface area contributed by atoms with Gasteiger partial charge in [-0.25, -0.2) is 0 Å². The first-order valence-corrected chi connectivity index (χ1v) is 26.8. The molecule has 0 saturated heterocycles. The van der Waals surface area contributed by atoms with Crippen molar-refractivity contribution in [2.24, 2.45) is 0 Å². The molecule has 0 atom stereocenters. The zero-order valence-corrected chi connectivity index (χ0v) is 69.9. The van der Waals surface area contributed by atoms with Gasteiger partial charge in [0.2, 0.25) is 11.8 Å². The zero-order chi connectivity index (χ0) is 59.3. The van der Waals surface area contributed by atoms with E-state index in [-0.39, 0.29) is 178 Å². The molecule has 23 heteroatoms. The van der Waals surface area contributed by atoms with Gasteiger partial charge >= 0.3 is 6.18 Å². The smallest absolute Gasteiger partial charge is 0.363 e. The van der Waals surface area contributed by atoms with E-state index in [1.165, 1.54) is 28.7 Å². The van der Waals surface area contributed by atoms with Crippen LogP contribution in [0.3, 0.4) is 0 Å². The zero-order valence-electron chi connectivity index (χ0n) is 55.5. The van der Waals surface area contributed by atoms with Gasteiger partial charge in [-0.15, -0.1) is 36.4 Å². The summed E-state index contributed by atoms with van der Waals surface area (Å²) in [5, 5.41) is 0. The van der Waals surface area contributed by atoms with Gasteiger partial charge in [0.05, 0.1) is 46.6 Å². The molecule has 0 saturated carbocycles. The molecule has 7 aromatic carbocycles. The normalized spacial score (nSPS) is 13.7. The summed E-state index contributed by atoms with van der Waals surface area (Å²) < 4.78 is 50.6. The van der Waals surface area contributed by atoms with Crippen molar-refractivity contribution < 1.29 is 138 Å². The van der Waals surface area contributed by atoms with Gasteiger partial charge in [-0.05, 0) is 12.1 Å². The van der Waals surface area contributed by atoms with Gasteiger partial charge in [-0.3, -0.25) is 0 Å². The Labute approximate surface area is 653 Å². The van der Waals surface area contributed by atoms with Crippen molar-refractivity contribution in [3.8, 4) is 0 Å². The Morgan fingerprint density at radius 3 is 0.938 bits per heavy atom. The first kappa shape index (κ1) is 98.4. The predicted octanol–water partition coefficient (Wildman–Crippen LogP) is 15.7. The molecule has 0 bridgehead atoms. The molecule has 0 amide bonds. The van der Waals surface area contributed by atoms with Crippen LogP contribution in [0.5, 0.6) is 0 Å². The van der Waals surface area contributed by atoms with Gasteiger partial charge < -0.3 is 108 Å². The van der Waals surface area contributed by atoms with E-state index in [1.807, 2.05) is 137 Å². The van der Waals surface area contributed by atoms with Crippen LogP contribution in [0.1, 0.15) is 0 Å². The molecule has 6 aliphatic heterocycles. The number of nitrogens with zero attached hydrogens (tertiary/aromatic N) is 13. The summed E-state index contributed by atoms with van der Waals surface area (Å²) in [5.74, 6) is 0.458. The second-order valence-electron chi connectivity index (χ2n) is 19.5. The minimum atomic E-state index is -4.31. The minimum absolute atomic E-state index is 0. The number of allylic oxidation sites excluding steroid dienone is 1. The summed E-state index contributed by atoms with van der Waals surface area (Å²) in [6.45, 7) is 11.1. The number of halogens is 4. The van der Waals surface area contributed by atoms with Gasteiger partial charge in [-0.1, -0.05) is 58.9 Å². The summed E-state index contributed by atoms with van der Waals surface area (Å²) >= 11 is 0. The molecule has 0 fully saturated rings. The number of para-hydroxylation sites is 7. The molecule has 6 aliphatic rings. The number of anilines is 7. The Bertz CT molecular complexity index is 3250. The molecule has 0 N–H and O–H groups in total. The van der Waals surface area contributed by atoms with Gasteiger partial charge in [0.25, 0.3) is 0 Å². The van der Waals surface area contributed by atoms with Crippen molar-refractivity contribution in [3.05, 3.63) is 342 Å². The van der Waals surface area contributed by atoms with Crippen LogP contribution in [0.2, 0.25) is 0 Å². The van der Waals surface area contributed by atoms with E-state index in [0.29, 0.717) is 18.2 Å². The maximum absolute atomic E-state index is 13.0. The van der Waals surface area contributed by atoms with Gasteiger partial charge in [0, 0.05) is 204 Å². The van der Waals surface area contributed by atoms with E-state index < -0.39 is 11.9 Å². The van der Waals surface area contributed by atoms with Crippen molar-refractivity contribution in [3.63, 3.8) is 0 Å². The number of rotatable bonds is 7. The third-order valence-electron chi connectivity index (χ3n) is 13.1. The quantitative estimate of drug-likeness (QED) is 0.0868. The summed E-state index contributed by atoms with van der Waals surface area (Å²) in [5.41, 5.74) is 6.44. The van der Waals surface area contributed by atoms with Crippen LogP contribution in [0.15, 0.2) is 249 Å². The number of alkyl halides is 3. The van der Waals surface area contributed by atoms with Gasteiger partial charge in [0.15, 0.2) is 0 Å². The van der Waals surface area contributed by atoms with E-state index in [4.69, 9.17) is 6.57 Å². The molecule has 534 valence electrons. The average Bonchev–Trinajstić information content (AvgIpc) is 1.72. The van der Waals surface area contributed by atoms with E-state index in [0.717, 1.165) is 61.3 Å². The third kappa shape index (κ3) is 29.8. The topological polar surface area (TPSA) is 43.2 Å². The Morgan fingerprint density at radius 1 is 0.344 bits per heavy atom. The van der Waals surface area contributed by atoms with Crippen LogP contribution in [0, 0.1) is 87.5 Å². The molecule has 13 rings (SSSR count). The SMILES string of the molecule is CN1C=CN(c2[c-]cccc2)C1.CN1C=CN(c2[c-]cccc2)C1.CN1CN(c2[c-]cccc2)C=C1C(F)(F)F.CN1CN(c2[c-]cccc2)C=C1F.[C-]#[N+]C1=CN(c2[c-]cccc2)CN1C.[CH3-].[CH3-].[CH3-].[CH3-].[CH3-].[CH3-].[Ir].[Ir].[Ir].[Ir].[Ir].[Ir].[c-]1ccccc1N1C=CN(c2ccccc2)C1. The molecule has 6 radical (unpaired) electrons.